The number of esters is 1. The largest absolute Gasteiger partial charge is 0.477 e. The highest BCUT2D eigenvalue weighted by Crippen LogP contribution is 2.16. The fourth-order valence-electron chi connectivity index (χ4n) is 1.70. The molecule has 0 fully saturated rings. The first kappa shape index (κ1) is 17.7. The lowest BCUT2D eigenvalue weighted by atomic mass is 10.3. The summed E-state index contributed by atoms with van der Waals surface area (Å²) in [6, 6.07) is 1.27. The number of rotatable bonds is 7. The van der Waals surface area contributed by atoms with Crippen LogP contribution < -0.4 is 15.5 Å². The van der Waals surface area contributed by atoms with Crippen molar-refractivity contribution in [2.24, 2.45) is 0 Å². The maximum atomic E-state index is 11.8. The molecule has 2 aromatic rings. The number of nitrogens with one attached hydrogen (secondary N) is 1. The van der Waals surface area contributed by atoms with Crippen molar-refractivity contribution in [1.29, 1.82) is 0 Å². The highest BCUT2D eigenvalue weighted by Gasteiger charge is 2.11. The van der Waals surface area contributed by atoms with Crippen LogP contribution in [0.15, 0.2) is 26.9 Å². The summed E-state index contributed by atoms with van der Waals surface area (Å²) in [5, 5.41) is 4.51. The molecule has 2 aromatic heterocycles. The number of nitrogens with zero attached hydrogens (tertiary/aromatic N) is 1. The van der Waals surface area contributed by atoms with Crippen LogP contribution in [0.3, 0.4) is 0 Å². The Morgan fingerprint density at radius 1 is 1.42 bits per heavy atom. The first-order chi connectivity index (χ1) is 11.5. The number of carbonyl (C=O) groups is 2. The maximum absolute atomic E-state index is 11.8. The molecular weight excluding hydrogens is 336 g/mol. The molecule has 1 amide bonds. The Morgan fingerprint density at radius 2 is 2.21 bits per heavy atom. The molecule has 0 saturated carbocycles. The second-order valence-electron chi connectivity index (χ2n) is 4.68. The van der Waals surface area contributed by atoms with Crippen LogP contribution in [-0.2, 0) is 20.7 Å². The molecule has 0 bridgehead atoms. The van der Waals surface area contributed by atoms with Crippen LogP contribution in [0, 0.1) is 6.92 Å². The van der Waals surface area contributed by atoms with Gasteiger partial charge in [-0.3, -0.25) is 19.7 Å². The average molecular weight is 352 g/mol. The number of aryl methyl sites for hydroxylation is 1. The van der Waals surface area contributed by atoms with Crippen LogP contribution in [0.4, 0.5) is 5.13 Å². The highest BCUT2D eigenvalue weighted by atomic mass is 32.1. The van der Waals surface area contributed by atoms with Gasteiger partial charge in [-0.25, -0.2) is 4.98 Å². The number of hydrogen-bond acceptors (Lipinski definition) is 8. The van der Waals surface area contributed by atoms with E-state index in [1.807, 2.05) is 0 Å². The van der Waals surface area contributed by atoms with E-state index in [2.05, 4.69) is 10.3 Å². The Hall–Kier alpha value is -2.68. The molecule has 128 valence electrons. The molecule has 1 N–H and O–H groups in total. The molecule has 0 radical (unpaired) electrons. The third kappa shape index (κ3) is 5.20. The normalized spacial score (nSPS) is 10.2. The SMILES string of the molecule is CCOC(=O)Cc1csc(NC(=O)COc2coc(C)cc2=O)n1. The zero-order chi connectivity index (χ0) is 17.5. The van der Waals surface area contributed by atoms with Crippen molar-refractivity contribution >= 4 is 28.3 Å². The van der Waals surface area contributed by atoms with E-state index in [9.17, 15) is 14.4 Å². The summed E-state index contributed by atoms with van der Waals surface area (Å²) in [5.74, 6) is -0.450. The van der Waals surface area contributed by atoms with Gasteiger partial charge in [-0.2, -0.15) is 0 Å². The zero-order valence-corrected chi connectivity index (χ0v) is 14.0. The molecular formula is C15H16N2O6S. The van der Waals surface area contributed by atoms with Gasteiger partial charge in [0.25, 0.3) is 5.91 Å². The third-order valence-corrected chi connectivity index (χ3v) is 3.52. The number of aromatic nitrogens is 1. The lowest BCUT2D eigenvalue weighted by molar-refractivity contribution is -0.142. The maximum Gasteiger partial charge on any atom is 0.311 e. The molecule has 2 heterocycles. The first-order valence-electron chi connectivity index (χ1n) is 7.10. The van der Waals surface area contributed by atoms with E-state index in [0.717, 1.165) is 6.26 Å². The van der Waals surface area contributed by atoms with Crippen molar-refractivity contribution in [1.82, 2.24) is 4.98 Å². The van der Waals surface area contributed by atoms with Gasteiger partial charge in [0, 0.05) is 11.4 Å². The summed E-state index contributed by atoms with van der Waals surface area (Å²) in [6.07, 6.45) is 1.20. The van der Waals surface area contributed by atoms with Crippen LogP contribution in [0.1, 0.15) is 18.4 Å². The van der Waals surface area contributed by atoms with Crippen LogP contribution in [0.2, 0.25) is 0 Å². The number of thiazole rings is 1. The lowest BCUT2D eigenvalue weighted by Gasteiger charge is -2.04. The second-order valence-corrected chi connectivity index (χ2v) is 5.54. The predicted molar refractivity (Wildman–Crippen MR) is 86.3 cm³/mol. The van der Waals surface area contributed by atoms with E-state index in [1.54, 1.807) is 19.2 Å². The molecule has 0 unspecified atom stereocenters. The zero-order valence-electron chi connectivity index (χ0n) is 13.2. The van der Waals surface area contributed by atoms with Crippen molar-refractivity contribution < 1.29 is 23.5 Å². The van der Waals surface area contributed by atoms with Gasteiger partial charge in [-0.15, -0.1) is 11.3 Å². The molecule has 0 aromatic carbocycles. The summed E-state index contributed by atoms with van der Waals surface area (Å²) < 4.78 is 15.0. The van der Waals surface area contributed by atoms with Gasteiger partial charge >= 0.3 is 5.97 Å². The smallest absolute Gasteiger partial charge is 0.311 e. The van der Waals surface area contributed by atoms with Crippen LogP contribution in [0.5, 0.6) is 5.75 Å². The molecule has 2 rings (SSSR count). The van der Waals surface area contributed by atoms with Gasteiger partial charge in [-0.1, -0.05) is 0 Å². The van der Waals surface area contributed by atoms with E-state index in [0.29, 0.717) is 23.2 Å². The Bertz CT molecular complexity index is 782. The quantitative estimate of drug-likeness (QED) is 0.753. The van der Waals surface area contributed by atoms with E-state index < -0.39 is 5.91 Å². The Kier molecular flexibility index (Phi) is 6.07. The standard InChI is InChI=1S/C15H16N2O6S/c1-3-21-14(20)5-10-8-24-15(16-10)17-13(19)7-23-12-6-22-9(2)4-11(12)18/h4,6,8H,3,5,7H2,1-2H3,(H,16,17,19). The molecule has 9 heteroatoms. The van der Waals surface area contributed by atoms with Gasteiger partial charge < -0.3 is 13.9 Å². The molecule has 0 atom stereocenters. The monoisotopic (exact) mass is 352 g/mol. The van der Waals surface area contributed by atoms with Crippen molar-refractivity contribution in [2.45, 2.75) is 20.3 Å². The lowest BCUT2D eigenvalue weighted by Crippen LogP contribution is -2.22. The fraction of sp³-hybridized carbons (Fsp3) is 0.333. The second kappa shape index (κ2) is 8.25. The minimum Gasteiger partial charge on any atom is -0.477 e. The van der Waals surface area contributed by atoms with Gasteiger partial charge in [0.1, 0.15) is 12.0 Å². The molecule has 8 nitrogen and oxygen atoms in total. The molecule has 0 saturated heterocycles. The van der Waals surface area contributed by atoms with Crippen molar-refractivity contribution in [3.05, 3.63) is 39.4 Å². The summed E-state index contributed by atoms with van der Waals surface area (Å²) in [4.78, 5) is 38.9. The van der Waals surface area contributed by atoms with Crippen LogP contribution in [0.25, 0.3) is 0 Å². The topological polar surface area (TPSA) is 108 Å². The van der Waals surface area contributed by atoms with E-state index in [1.165, 1.54) is 17.4 Å². The van der Waals surface area contributed by atoms with Crippen molar-refractivity contribution in [2.75, 3.05) is 18.5 Å². The Morgan fingerprint density at radius 3 is 2.92 bits per heavy atom. The van der Waals surface area contributed by atoms with E-state index >= 15 is 0 Å². The Balaban J connectivity index is 1.85. The predicted octanol–water partition coefficient (Wildman–Crippen LogP) is 1.53. The van der Waals surface area contributed by atoms with Gasteiger partial charge in [-0.05, 0) is 13.8 Å². The number of ether oxygens (including phenoxy) is 2. The number of carbonyl (C=O) groups excluding carboxylic acids is 2. The molecule has 24 heavy (non-hydrogen) atoms. The first-order valence-corrected chi connectivity index (χ1v) is 7.98. The Labute approximate surface area is 141 Å². The van der Waals surface area contributed by atoms with Gasteiger partial charge in [0.2, 0.25) is 11.2 Å². The summed E-state index contributed by atoms with van der Waals surface area (Å²) in [5.41, 5.74) is 0.145. The molecule has 0 aliphatic rings. The summed E-state index contributed by atoms with van der Waals surface area (Å²) in [7, 11) is 0. The minimum absolute atomic E-state index is 0.0428. The molecule has 0 aliphatic carbocycles. The van der Waals surface area contributed by atoms with Crippen LogP contribution >= 0.6 is 11.3 Å². The van der Waals surface area contributed by atoms with Gasteiger partial charge in [0.05, 0.1) is 18.7 Å². The fourth-order valence-corrected chi connectivity index (χ4v) is 2.43. The molecule has 0 aliphatic heterocycles. The van der Waals surface area contributed by atoms with Crippen LogP contribution in [-0.4, -0.2) is 30.1 Å². The van der Waals surface area contributed by atoms with Gasteiger partial charge in [0.15, 0.2) is 11.7 Å². The molecule has 0 spiro atoms. The van der Waals surface area contributed by atoms with Crippen molar-refractivity contribution in [3.8, 4) is 5.75 Å². The summed E-state index contributed by atoms with van der Waals surface area (Å²) in [6.45, 7) is 3.30. The summed E-state index contributed by atoms with van der Waals surface area (Å²) >= 11 is 1.18. The number of hydrogen-bond donors (Lipinski definition) is 1. The average Bonchev–Trinajstić information content (AvgIpc) is 2.93. The van der Waals surface area contributed by atoms with E-state index in [4.69, 9.17) is 13.9 Å². The highest BCUT2D eigenvalue weighted by molar-refractivity contribution is 7.13. The number of anilines is 1. The minimum atomic E-state index is -0.480. The van der Waals surface area contributed by atoms with Crippen molar-refractivity contribution in [3.63, 3.8) is 0 Å². The third-order valence-electron chi connectivity index (χ3n) is 2.72. The van der Waals surface area contributed by atoms with E-state index in [-0.39, 0.29) is 30.2 Å². The number of amides is 1.